The smallest absolute Gasteiger partial charge is 0.115 e. The van der Waals surface area contributed by atoms with Gasteiger partial charge in [0.25, 0.3) is 0 Å². The Morgan fingerprint density at radius 2 is 0.936 bits per heavy atom. The molecule has 0 N–H and O–H groups in total. The highest BCUT2D eigenvalue weighted by Crippen LogP contribution is 2.45. The summed E-state index contributed by atoms with van der Waals surface area (Å²) in [7, 11) is -12.1. The zero-order valence-electron chi connectivity index (χ0n) is 33.8. The molecule has 0 fully saturated rings. The van der Waals surface area contributed by atoms with Gasteiger partial charge in [-0.1, -0.05) is 178 Å². The summed E-state index contributed by atoms with van der Waals surface area (Å²) in [6.45, 7) is 48.0. The van der Waals surface area contributed by atoms with Gasteiger partial charge in [0, 0.05) is 54.0 Å². The molecule has 0 amide bonds. The zero-order valence-corrected chi connectivity index (χ0v) is 40.8. The van der Waals surface area contributed by atoms with E-state index in [1.54, 1.807) is 21.9 Å². The first-order chi connectivity index (χ1) is 21.1. The quantitative estimate of drug-likeness (QED) is 0.168. The van der Waals surface area contributed by atoms with Crippen molar-refractivity contribution in [2.45, 2.75) is 139 Å². The highest BCUT2D eigenvalue weighted by molar-refractivity contribution is 7.05. The molecule has 258 valence electrons. The number of rotatable bonds is 10. The van der Waals surface area contributed by atoms with Crippen molar-refractivity contribution in [2.24, 2.45) is 0 Å². The summed E-state index contributed by atoms with van der Waals surface area (Å²) >= 11 is 0. The molecule has 0 aliphatic carbocycles. The van der Waals surface area contributed by atoms with Crippen LogP contribution < -0.4 is 5.19 Å². The molecule has 47 heavy (non-hydrogen) atoms. The van der Waals surface area contributed by atoms with Crippen LogP contribution in [0.2, 0.25) is 124 Å². The standard InChI is InChI=1S/C40H70Si7/c1-41(2,3)38(42(4,5)6)34-31-35(39(43(7,8)9)44(10,11)12)37(36(32-34)40(45(13,14)15)46(16,17)18)47(28-23-20-24-29-47)30-27-33-25-21-19-22-26-33/h19-26,28,31-32,38-40H,29H2,1-18H3. The van der Waals surface area contributed by atoms with Crippen LogP contribution >= 0.6 is 0 Å². The molecule has 2 aromatic rings. The van der Waals surface area contributed by atoms with E-state index in [-0.39, 0.29) is 0 Å². The van der Waals surface area contributed by atoms with Gasteiger partial charge in [-0.25, -0.2) is 0 Å². The van der Waals surface area contributed by atoms with Crippen molar-refractivity contribution in [1.29, 1.82) is 0 Å². The maximum atomic E-state index is 4.20. The van der Waals surface area contributed by atoms with Gasteiger partial charge in [0.1, 0.15) is 0 Å². The van der Waals surface area contributed by atoms with E-state index in [1.807, 2.05) is 0 Å². The lowest BCUT2D eigenvalue weighted by Gasteiger charge is -2.47. The summed E-state index contributed by atoms with van der Waals surface area (Å²) in [5.41, 5.74) is 13.3. The Morgan fingerprint density at radius 3 is 1.28 bits per heavy atom. The van der Waals surface area contributed by atoms with Crippen LogP contribution in [0.25, 0.3) is 0 Å². The van der Waals surface area contributed by atoms with Gasteiger partial charge in [0.2, 0.25) is 0 Å². The summed E-state index contributed by atoms with van der Waals surface area (Å²) in [5, 5.41) is 3.85. The van der Waals surface area contributed by atoms with Gasteiger partial charge in [0.05, 0.1) is 0 Å². The van der Waals surface area contributed by atoms with Crippen LogP contribution in [0.3, 0.4) is 0 Å². The lowest BCUT2D eigenvalue weighted by Crippen LogP contribution is -2.58. The molecule has 1 unspecified atom stereocenters. The lowest BCUT2D eigenvalue weighted by atomic mass is 10.1. The fourth-order valence-corrected chi connectivity index (χ4v) is 52.6. The second-order valence-corrected chi connectivity index (χ2v) is 58.2. The minimum atomic E-state index is -2.44. The predicted molar refractivity (Wildman–Crippen MR) is 237 cm³/mol. The van der Waals surface area contributed by atoms with E-state index in [0.717, 1.165) is 16.8 Å². The third kappa shape index (κ3) is 9.62. The molecule has 2 aromatic carbocycles. The Bertz CT molecular complexity index is 1420. The molecule has 0 bridgehead atoms. The van der Waals surface area contributed by atoms with E-state index >= 15 is 0 Å². The SMILES string of the molecule is C[Si](C)(C)C(c1cc(C([Si](C)(C)C)[Si](C)(C)C)c([Si]2(C#Cc3ccccc3)C=CC=CC2)c(C([Si](C)(C)C)[Si](C)(C)C)c1)[Si](C)(C)C. The normalized spacial score (nSPS) is 18.2. The molecular weight excluding hydrogens is 677 g/mol. The number of benzene rings is 2. The van der Waals surface area contributed by atoms with Crippen LogP contribution in [0.4, 0.5) is 0 Å². The van der Waals surface area contributed by atoms with Gasteiger partial charge in [0.15, 0.2) is 8.07 Å². The van der Waals surface area contributed by atoms with Crippen LogP contribution in [0.5, 0.6) is 0 Å². The van der Waals surface area contributed by atoms with Crippen LogP contribution in [0, 0.1) is 11.5 Å². The van der Waals surface area contributed by atoms with Crippen molar-refractivity contribution in [3.05, 3.63) is 88.6 Å². The topological polar surface area (TPSA) is 0 Å². The van der Waals surface area contributed by atoms with Gasteiger partial charge in [-0.05, 0) is 55.5 Å². The Balaban J connectivity index is 2.77. The van der Waals surface area contributed by atoms with E-state index in [2.05, 4.69) is 196 Å². The van der Waals surface area contributed by atoms with Gasteiger partial charge in [-0.2, -0.15) is 0 Å². The summed E-state index contributed by atoms with van der Waals surface area (Å²) < 4.78 is 0. The Morgan fingerprint density at radius 1 is 0.532 bits per heavy atom. The highest BCUT2D eigenvalue weighted by atomic mass is 28.4. The monoisotopic (exact) mass is 746 g/mol. The van der Waals surface area contributed by atoms with Gasteiger partial charge < -0.3 is 0 Å². The molecule has 0 radical (unpaired) electrons. The molecule has 0 aromatic heterocycles. The molecule has 1 aliphatic heterocycles. The number of allylic oxidation sites excluding steroid dienone is 3. The van der Waals surface area contributed by atoms with Crippen molar-refractivity contribution in [2.75, 3.05) is 0 Å². The molecule has 1 atom stereocenters. The van der Waals surface area contributed by atoms with Crippen LogP contribution in [0.15, 0.2) is 66.4 Å². The lowest BCUT2D eigenvalue weighted by molar-refractivity contribution is 1.09. The minimum absolute atomic E-state index is 0.679. The van der Waals surface area contributed by atoms with Crippen LogP contribution in [-0.4, -0.2) is 56.5 Å². The second kappa shape index (κ2) is 14.0. The molecule has 7 heteroatoms. The second-order valence-electron chi connectivity index (χ2n) is 21.1. The third-order valence-corrected chi connectivity index (χ3v) is 41.7. The van der Waals surface area contributed by atoms with Gasteiger partial charge in [-0.3, -0.25) is 0 Å². The third-order valence-electron chi connectivity index (χ3n) is 10.1. The van der Waals surface area contributed by atoms with E-state index < -0.39 is 56.5 Å². The molecule has 1 aliphatic rings. The highest BCUT2D eigenvalue weighted by Gasteiger charge is 2.50. The Hall–Kier alpha value is -1.00. The van der Waals surface area contributed by atoms with Crippen molar-refractivity contribution in [1.82, 2.24) is 0 Å². The van der Waals surface area contributed by atoms with E-state index in [0.29, 0.717) is 10.3 Å². The summed E-state index contributed by atoms with van der Waals surface area (Å²) in [6.07, 6.45) is 7.13. The molecular formula is C40H70Si7. The maximum absolute atomic E-state index is 4.20. The molecule has 0 nitrogen and oxygen atoms in total. The van der Waals surface area contributed by atoms with Crippen molar-refractivity contribution in [3.63, 3.8) is 0 Å². The molecule has 0 spiro atoms. The zero-order chi connectivity index (χ0) is 36.0. The first-order valence-electron chi connectivity index (χ1n) is 18.2. The number of hydrogen-bond acceptors (Lipinski definition) is 0. The average Bonchev–Trinajstić information content (AvgIpc) is 2.83. The van der Waals surface area contributed by atoms with Gasteiger partial charge >= 0.3 is 0 Å². The summed E-state index contributed by atoms with van der Waals surface area (Å²) in [4.78, 5) is 0. The first-order valence-corrected chi connectivity index (χ1v) is 42.0. The Kier molecular flexibility index (Phi) is 12.0. The van der Waals surface area contributed by atoms with E-state index in [1.165, 1.54) is 0 Å². The largest absolute Gasteiger partial charge is 0.196 e. The Labute approximate surface area is 299 Å². The summed E-state index contributed by atoms with van der Waals surface area (Å²) in [5.74, 6) is 3.81. The first kappa shape index (κ1) is 40.4. The van der Waals surface area contributed by atoms with Crippen molar-refractivity contribution < 1.29 is 0 Å². The fraction of sp³-hybridized carbons (Fsp3) is 0.550. The fourth-order valence-electron chi connectivity index (χ4n) is 10.3. The van der Waals surface area contributed by atoms with E-state index in [4.69, 9.17) is 0 Å². The minimum Gasteiger partial charge on any atom is -0.115 e. The molecule has 3 rings (SSSR count). The maximum Gasteiger partial charge on any atom is 0.196 e. The molecule has 0 saturated heterocycles. The van der Waals surface area contributed by atoms with E-state index in [9.17, 15) is 0 Å². The van der Waals surface area contributed by atoms with Gasteiger partial charge in [-0.15, -0.1) is 5.54 Å². The summed E-state index contributed by atoms with van der Waals surface area (Å²) in [6, 6.07) is 17.6. The predicted octanol–water partition coefficient (Wildman–Crippen LogP) is 12.1. The van der Waals surface area contributed by atoms with Crippen molar-refractivity contribution in [3.8, 4) is 11.5 Å². The number of hydrogen-bond donors (Lipinski definition) is 0. The van der Waals surface area contributed by atoms with Crippen LogP contribution in [-0.2, 0) is 0 Å². The average molecular weight is 748 g/mol. The molecule has 1 heterocycles. The van der Waals surface area contributed by atoms with Crippen molar-refractivity contribution >= 4 is 61.7 Å². The molecule has 0 saturated carbocycles. The van der Waals surface area contributed by atoms with Crippen LogP contribution in [0.1, 0.15) is 37.7 Å².